The summed E-state index contributed by atoms with van der Waals surface area (Å²) in [6.07, 6.45) is 0.435. The topological polar surface area (TPSA) is 74.8 Å². The SMILES string of the molecule is CN=C(NCCCNC)NC(=O)OC. The number of rotatable bonds is 4. The van der Waals surface area contributed by atoms with Gasteiger partial charge in [0.1, 0.15) is 0 Å². The van der Waals surface area contributed by atoms with Gasteiger partial charge in [-0.1, -0.05) is 0 Å². The van der Waals surface area contributed by atoms with Gasteiger partial charge < -0.3 is 15.4 Å². The summed E-state index contributed by atoms with van der Waals surface area (Å²) >= 11 is 0. The van der Waals surface area contributed by atoms with Crippen molar-refractivity contribution in [3.63, 3.8) is 0 Å². The molecule has 0 aromatic heterocycles. The van der Waals surface area contributed by atoms with Crippen molar-refractivity contribution in [3.05, 3.63) is 0 Å². The molecule has 3 N–H and O–H groups in total. The molecular formula is C8H18N4O2. The Kier molecular flexibility index (Phi) is 7.53. The number of nitrogens with zero attached hydrogens (tertiary/aromatic N) is 1. The van der Waals surface area contributed by atoms with Crippen molar-refractivity contribution in [2.45, 2.75) is 6.42 Å². The second-order valence-electron chi connectivity index (χ2n) is 2.57. The first kappa shape index (κ1) is 12.7. The predicted molar refractivity (Wildman–Crippen MR) is 55.4 cm³/mol. The van der Waals surface area contributed by atoms with Gasteiger partial charge in [0, 0.05) is 13.6 Å². The third-order valence-corrected chi connectivity index (χ3v) is 1.53. The quantitative estimate of drug-likeness (QED) is 0.327. The Morgan fingerprint density at radius 2 is 2.14 bits per heavy atom. The molecule has 6 nitrogen and oxygen atoms in total. The maximum atomic E-state index is 10.8. The minimum Gasteiger partial charge on any atom is -0.453 e. The first-order valence-electron chi connectivity index (χ1n) is 4.44. The molecule has 0 rings (SSSR count). The third kappa shape index (κ3) is 6.24. The minimum absolute atomic E-state index is 0.424. The zero-order valence-electron chi connectivity index (χ0n) is 8.89. The molecule has 0 unspecified atom stereocenters. The Hall–Kier alpha value is -1.30. The molecule has 0 saturated heterocycles. The fourth-order valence-electron chi connectivity index (χ4n) is 0.799. The number of hydrogen-bond donors (Lipinski definition) is 3. The van der Waals surface area contributed by atoms with E-state index >= 15 is 0 Å². The maximum Gasteiger partial charge on any atom is 0.413 e. The molecule has 0 aliphatic rings. The Labute approximate surface area is 84.1 Å². The summed E-state index contributed by atoms with van der Waals surface area (Å²) in [7, 11) is 4.79. The van der Waals surface area contributed by atoms with Crippen molar-refractivity contribution >= 4 is 12.1 Å². The summed E-state index contributed by atoms with van der Waals surface area (Å²) in [5.41, 5.74) is 0. The van der Waals surface area contributed by atoms with E-state index in [1.165, 1.54) is 7.11 Å². The number of ether oxygens (including phenoxy) is 1. The molecule has 0 aromatic carbocycles. The van der Waals surface area contributed by atoms with E-state index in [2.05, 4.69) is 25.7 Å². The maximum absolute atomic E-state index is 10.8. The number of carbonyl (C=O) groups is 1. The van der Waals surface area contributed by atoms with E-state index in [1.807, 2.05) is 7.05 Å². The second kappa shape index (κ2) is 8.31. The highest BCUT2D eigenvalue weighted by molar-refractivity contribution is 5.93. The molecule has 0 fully saturated rings. The van der Waals surface area contributed by atoms with Crippen LogP contribution in [0.15, 0.2) is 4.99 Å². The van der Waals surface area contributed by atoms with Crippen LogP contribution in [-0.2, 0) is 4.74 Å². The third-order valence-electron chi connectivity index (χ3n) is 1.53. The molecule has 1 amide bonds. The normalized spacial score (nSPS) is 10.9. The van der Waals surface area contributed by atoms with Crippen LogP contribution >= 0.6 is 0 Å². The highest BCUT2D eigenvalue weighted by Gasteiger charge is 2.02. The lowest BCUT2D eigenvalue weighted by Gasteiger charge is -2.09. The van der Waals surface area contributed by atoms with Crippen molar-refractivity contribution in [3.8, 4) is 0 Å². The van der Waals surface area contributed by atoms with Crippen molar-refractivity contribution in [1.82, 2.24) is 16.0 Å². The number of amides is 1. The molecule has 0 heterocycles. The summed E-state index contributed by atoms with van der Waals surface area (Å²) in [4.78, 5) is 14.7. The first-order chi connectivity index (χ1) is 6.74. The van der Waals surface area contributed by atoms with Crippen LogP contribution in [0.3, 0.4) is 0 Å². The molecule has 0 saturated carbocycles. The Morgan fingerprint density at radius 1 is 1.43 bits per heavy atom. The monoisotopic (exact) mass is 202 g/mol. The zero-order chi connectivity index (χ0) is 10.8. The highest BCUT2D eigenvalue weighted by Crippen LogP contribution is 1.76. The fraction of sp³-hybridized carbons (Fsp3) is 0.750. The average Bonchev–Trinajstić information content (AvgIpc) is 2.22. The lowest BCUT2D eigenvalue weighted by Crippen LogP contribution is -2.41. The van der Waals surface area contributed by atoms with Gasteiger partial charge in [0.15, 0.2) is 0 Å². The Balaban J connectivity index is 3.65. The minimum atomic E-state index is -0.522. The fourth-order valence-corrected chi connectivity index (χ4v) is 0.799. The van der Waals surface area contributed by atoms with Crippen molar-refractivity contribution < 1.29 is 9.53 Å². The number of methoxy groups -OCH3 is 1. The van der Waals surface area contributed by atoms with Crippen molar-refractivity contribution in [2.75, 3.05) is 34.3 Å². The van der Waals surface area contributed by atoms with Crippen LogP contribution in [-0.4, -0.2) is 46.3 Å². The highest BCUT2D eigenvalue weighted by atomic mass is 16.5. The standard InChI is InChI=1S/C8H18N4O2/c1-9-5-4-6-11-7(10-2)12-8(13)14-3/h9H,4-6H2,1-3H3,(H2,10,11,12,13). The van der Waals surface area contributed by atoms with Gasteiger partial charge in [-0.25, -0.2) is 4.79 Å². The van der Waals surface area contributed by atoms with Crippen molar-refractivity contribution in [2.24, 2.45) is 4.99 Å². The number of guanidine groups is 1. The van der Waals surface area contributed by atoms with Crippen LogP contribution in [0.2, 0.25) is 0 Å². The molecule has 0 bridgehead atoms. The van der Waals surface area contributed by atoms with Gasteiger partial charge in [0.05, 0.1) is 7.11 Å². The van der Waals surface area contributed by atoms with Gasteiger partial charge in [0.2, 0.25) is 5.96 Å². The molecular weight excluding hydrogens is 184 g/mol. The average molecular weight is 202 g/mol. The summed E-state index contributed by atoms with van der Waals surface area (Å²) in [5.74, 6) is 0.424. The molecule has 0 aliphatic heterocycles. The molecule has 6 heteroatoms. The molecule has 14 heavy (non-hydrogen) atoms. The predicted octanol–water partition coefficient (Wildman–Crippen LogP) is -0.473. The van der Waals surface area contributed by atoms with E-state index in [1.54, 1.807) is 7.05 Å². The number of hydrogen-bond acceptors (Lipinski definition) is 4. The number of alkyl carbamates (subject to hydrolysis) is 1. The van der Waals surface area contributed by atoms with E-state index in [0.29, 0.717) is 5.96 Å². The Bertz CT molecular complexity index is 194. The van der Waals surface area contributed by atoms with Gasteiger partial charge >= 0.3 is 6.09 Å². The van der Waals surface area contributed by atoms with Gasteiger partial charge in [-0.05, 0) is 20.0 Å². The summed E-state index contributed by atoms with van der Waals surface area (Å²) in [6, 6.07) is 0. The van der Waals surface area contributed by atoms with E-state index in [-0.39, 0.29) is 0 Å². The van der Waals surface area contributed by atoms with E-state index in [9.17, 15) is 4.79 Å². The van der Waals surface area contributed by atoms with E-state index in [0.717, 1.165) is 19.5 Å². The smallest absolute Gasteiger partial charge is 0.413 e. The molecule has 0 spiro atoms. The zero-order valence-corrected chi connectivity index (χ0v) is 8.89. The van der Waals surface area contributed by atoms with Gasteiger partial charge in [-0.3, -0.25) is 10.3 Å². The van der Waals surface area contributed by atoms with Crippen molar-refractivity contribution in [1.29, 1.82) is 0 Å². The van der Waals surface area contributed by atoms with E-state index < -0.39 is 6.09 Å². The lowest BCUT2D eigenvalue weighted by molar-refractivity contribution is 0.176. The number of nitrogens with one attached hydrogen (secondary N) is 3. The van der Waals surface area contributed by atoms with Crippen LogP contribution in [0, 0.1) is 0 Å². The largest absolute Gasteiger partial charge is 0.453 e. The van der Waals surface area contributed by atoms with Gasteiger partial charge in [0.25, 0.3) is 0 Å². The van der Waals surface area contributed by atoms with Gasteiger partial charge in [-0.15, -0.1) is 0 Å². The number of carbonyl (C=O) groups excluding carboxylic acids is 1. The van der Waals surface area contributed by atoms with Crippen LogP contribution in [0.5, 0.6) is 0 Å². The summed E-state index contributed by atoms with van der Waals surface area (Å²) in [5, 5.41) is 8.44. The second-order valence-corrected chi connectivity index (χ2v) is 2.57. The van der Waals surface area contributed by atoms with E-state index in [4.69, 9.17) is 0 Å². The molecule has 0 aromatic rings. The molecule has 0 atom stereocenters. The molecule has 0 radical (unpaired) electrons. The Morgan fingerprint density at radius 3 is 2.64 bits per heavy atom. The summed E-state index contributed by atoms with van der Waals surface area (Å²) < 4.78 is 4.43. The summed E-state index contributed by atoms with van der Waals surface area (Å²) in [6.45, 7) is 1.67. The number of aliphatic imine (C=N–C) groups is 1. The molecule has 0 aliphatic carbocycles. The van der Waals surface area contributed by atoms with Crippen LogP contribution in [0.25, 0.3) is 0 Å². The van der Waals surface area contributed by atoms with Crippen LogP contribution in [0.4, 0.5) is 4.79 Å². The lowest BCUT2D eigenvalue weighted by atomic mass is 10.4. The first-order valence-corrected chi connectivity index (χ1v) is 4.44. The molecule has 82 valence electrons. The van der Waals surface area contributed by atoms with Gasteiger partial charge in [-0.2, -0.15) is 0 Å². The van der Waals surface area contributed by atoms with Crippen LogP contribution < -0.4 is 16.0 Å². The van der Waals surface area contributed by atoms with Crippen LogP contribution in [0.1, 0.15) is 6.42 Å².